The highest BCUT2D eigenvalue weighted by atomic mass is 79.9. The minimum absolute atomic E-state index is 0.197. The minimum Gasteiger partial charge on any atom is -0.352 e. The summed E-state index contributed by atoms with van der Waals surface area (Å²) in [6.45, 7) is 1.95. The summed E-state index contributed by atoms with van der Waals surface area (Å²) in [5.41, 5.74) is 2.60. The number of ketones is 3. The lowest BCUT2D eigenvalue weighted by Gasteiger charge is -2.37. The van der Waals surface area contributed by atoms with Gasteiger partial charge in [0.2, 0.25) is 0 Å². The zero-order chi connectivity index (χ0) is 27.8. The van der Waals surface area contributed by atoms with Crippen molar-refractivity contribution >= 4 is 45.0 Å². The lowest BCUT2D eigenvalue weighted by atomic mass is 9.64. The molecule has 7 rings (SSSR count). The Bertz CT molecular complexity index is 1720. The van der Waals surface area contributed by atoms with Gasteiger partial charge in [-0.05, 0) is 42.8 Å². The van der Waals surface area contributed by atoms with E-state index in [2.05, 4.69) is 15.9 Å². The van der Waals surface area contributed by atoms with Gasteiger partial charge in [-0.25, -0.2) is 4.39 Å². The third-order valence-corrected chi connectivity index (χ3v) is 9.13. The van der Waals surface area contributed by atoms with Gasteiger partial charge in [0.25, 0.3) is 0 Å². The molecule has 0 radical (unpaired) electrons. The second-order valence-electron chi connectivity index (χ2n) is 10.7. The van der Waals surface area contributed by atoms with E-state index in [9.17, 15) is 18.8 Å². The van der Waals surface area contributed by atoms with E-state index in [1.54, 1.807) is 54.6 Å². The molecule has 6 heteroatoms. The van der Waals surface area contributed by atoms with Gasteiger partial charge in [-0.1, -0.05) is 94.3 Å². The predicted octanol–water partition coefficient (Wildman–Crippen LogP) is 7.21. The molecular formula is C34H23BrFNO3. The molecule has 0 bridgehead atoms. The molecule has 2 heterocycles. The molecule has 4 aromatic carbocycles. The Kier molecular flexibility index (Phi) is 5.55. The highest BCUT2D eigenvalue weighted by Gasteiger charge is 2.71. The molecule has 0 aromatic heterocycles. The van der Waals surface area contributed by atoms with Crippen LogP contribution in [-0.4, -0.2) is 29.4 Å². The fourth-order valence-electron chi connectivity index (χ4n) is 6.88. The van der Waals surface area contributed by atoms with Gasteiger partial charge in [-0.2, -0.15) is 0 Å². The SMILES string of the molecule is Cc1ccc(C(=O)[C@@H]2[C@H](c3ccc(Br)cc3)C3(C(=O)c4ccccc4C3=O)[C@@H]3C=Cc4cc(F)ccc4N23)cc1. The Morgan fingerprint density at radius 2 is 1.52 bits per heavy atom. The van der Waals surface area contributed by atoms with Crippen molar-refractivity contribution in [2.45, 2.75) is 24.9 Å². The van der Waals surface area contributed by atoms with Gasteiger partial charge >= 0.3 is 0 Å². The molecule has 0 saturated carbocycles. The van der Waals surface area contributed by atoms with Crippen molar-refractivity contribution in [3.05, 3.63) is 141 Å². The number of hydrogen-bond donors (Lipinski definition) is 0. The quantitative estimate of drug-likeness (QED) is 0.186. The Labute approximate surface area is 239 Å². The molecule has 3 aliphatic rings. The van der Waals surface area contributed by atoms with Crippen molar-refractivity contribution in [2.75, 3.05) is 4.90 Å². The number of hydrogen-bond acceptors (Lipinski definition) is 4. The molecule has 4 aromatic rings. The van der Waals surface area contributed by atoms with Crippen LogP contribution in [0.2, 0.25) is 0 Å². The second-order valence-corrected chi connectivity index (χ2v) is 11.6. The smallest absolute Gasteiger partial charge is 0.185 e. The van der Waals surface area contributed by atoms with Gasteiger partial charge in [0, 0.05) is 38.3 Å². The van der Waals surface area contributed by atoms with E-state index in [0.717, 1.165) is 15.6 Å². The minimum atomic E-state index is -1.58. The lowest BCUT2D eigenvalue weighted by molar-refractivity contribution is 0.0666. The van der Waals surface area contributed by atoms with Gasteiger partial charge in [-0.3, -0.25) is 14.4 Å². The molecule has 40 heavy (non-hydrogen) atoms. The summed E-state index contributed by atoms with van der Waals surface area (Å²) in [4.78, 5) is 45.7. The first kappa shape index (κ1) is 24.9. The van der Waals surface area contributed by atoms with Crippen molar-refractivity contribution < 1.29 is 18.8 Å². The molecule has 2 aliphatic heterocycles. The standard InChI is InChI=1S/C34H23BrFNO3/c1-19-6-8-21(9-7-19)31(38)30-29(20-10-13-23(35)14-11-20)34(32(39)25-4-2-3-5-26(25)33(34)40)28-17-12-22-18-24(36)15-16-27(22)37(28)30/h2-18,28-30H,1H3/t28-,29-,30-/m0/s1. The molecule has 1 saturated heterocycles. The first-order valence-electron chi connectivity index (χ1n) is 13.1. The van der Waals surface area contributed by atoms with Crippen molar-refractivity contribution in [2.24, 2.45) is 5.41 Å². The number of carbonyl (C=O) groups is 3. The Morgan fingerprint density at radius 3 is 2.17 bits per heavy atom. The summed E-state index contributed by atoms with van der Waals surface area (Å²) in [5, 5.41) is 0. The molecule has 0 amide bonds. The summed E-state index contributed by atoms with van der Waals surface area (Å²) in [6.07, 6.45) is 3.57. The summed E-state index contributed by atoms with van der Waals surface area (Å²) in [7, 11) is 0. The number of aryl methyl sites for hydroxylation is 1. The van der Waals surface area contributed by atoms with Crippen molar-refractivity contribution in [1.29, 1.82) is 0 Å². The highest BCUT2D eigenvalue weighted by Crippen LogP contribution is 2.61. The Hall–Kier alpha value is -4.16. The van der Waals surface area contributed by atoms with Crippen molar-refractivity contribution in [3.8, 4) is 0 Å². The molecule has 0 N–H and O–H groups in total. The molecule has 0 unspecified atom stereocenters. The Morgan fingerprint density at radius 1 is 0.875 bits per heavy atom. The lowest BCUT2D eigenvalue weighted by Crippen LogP contribution is -2.48. The molecule has 1 aliphatic carbocycles. The zero-order valence-electron chi connectivity index (χ0n) is 21.5. The largest absolute Gasteiger partial charge is 0.352 e. The first-order valence-corrected chi connectivity index (χ1v) is 13.9. The topological polar surface area (TPSA) is 54.5 Å². The Balaban J connectivity index is 1.54. The van der Waals surface area contributed by atoms with Gasteiger partial charge in [0.1, 0.15) is 17.3 Å². The summed E-state index contributed by atoms with van der Waals surface area (Å²) < 4.78 is 15.2. The average Bonchev–Trinajstić information content (AvgIpc) is 3.39. The van der Waals surface area contributed by atoms with Gasteiger partial charge in [-0.15, -0.1) is 0 Å². The number of Topliss-reactive ketones (excluding diaryl/α,β-unsaturated/α-hetero) is 3. The second kappa shape index (κ2) is 8.93. The maximum atomic E-state index is 14.6. The number of fused-ring (bicyclic) bond motifs is 5. The van der Waals surface area contributed by atoms with Crippen LogP contribution in [0.5, 0.6) is 0 Å². The number of nitrogens with zero attached hydrogens (tertiary/aromatic N) is 1. The van der Waals surface area contributed by atoms with E-state index < -0.39 is 29.2 Å². The number of rotatable bonds is 3. The van der Waals surface area contributed by atoms with Crippen LogP contribution >= 0.6 is 15.9 Å². The van der Waals surface area contributed by atoms with Crippen LogP contribution in [0.3, 0.4) is 0 Å². The van der Waals surface area contributed by atoms with Gasteiger partial charge < -0.3 is 4.90 Å². The van der Waals surface area contributed by atoms with E-state index in [1.807, 2.05) is 48.2 Å². The number of anilines is 1. The maximum Gasteiger partial charge on any atom is 0.185 e. The van der Waals surface area contributed by atoms with Crippen LogP contribution < -0.4 is 4.90 Å². The molecule has 1 spiro atoms. The van der Waals surface area contributed by atoms with Gasteiger partial charge in [0.15, 0.2) is 17.3 Å². The van der Waals surface area contributed by atoms with Crippen LogP contribution in [0.1, 0.15) is 53.7 Å². The third kappa shape index (κ3) is 3.32. The van der Waals surface area contributed by atoms with Crippen LogP contribution in [0.4, 0.5) is 10.1 Å². The summed E-state index contributed by atoms with van der Waals surface area (Å²) in [6, 6.07) is 24.5. The normalized spacial score (nSPS) is 21.9. The number of carbonyl (C=O) groups excluding carboxylic acids is 3. The van der Waals surface area contributed by atoms with Crippen LogP contribution in [0, 0.1) is 18.2 Å². The first-order chi connectivity index (χ1) is 19.3. The van der Waals surface area contributed by atoms with Gasteiger partial charge in [0.05, 0.1) is 6.04 Å². The summed E-state index contributed by atoms with van der Waals surface area (Å²) >= 11 is 3.49. The molecular weight excluding hydrogens is 569 g/mol. The molecule has 196 valence electrons. The number of halogens is 2. The van der Waals surface area contributed by atoms with E-state index in [-0.39, 0.29) is 17.3 Å². The average molecular weight is 592 g/mol. The van der Waals surface area contributed by atoms with E-state index >= 15 is 0 Å². The van der Waals surface area contributed by atoms with Crippen molar-refractivity contribution in [3.63, 3.8) is 0 Å². The van der Waals surface area contributed by atoms with Crippen LogP contribution in [0.25, 0.3) is 6.08 Å². The maximum absolute atomic E-state index is 14.6. The fourth-order valence-corrected chi connectivity index (χ4v) is 7.14. The van der Waals surface area contributed by atoms with Crippen molar-refractivity contribution in [1.82, 2.24) is 0 Å². The predicted molar refractivity (Wildman–Crippen MR) is 155 cm³/mol. The van der Waals surface area contributed by atoms with Crippen LogP contribution in [0.15, 0.2) is 102 Å². The third-order valence-electron chi connectivity index (χ3n) is 8.60. The zero-order valence-corrected chi connectivity index (χ0v) is 23.1. The van der Waals surface area contributed by atoms with E-state index in [0.29, 0.717) is 27.9 Å². The molecule has 1 fully saturated rings. The van der Waals surface area contributed by atoms with E-state index in [4.69, 9.17) is 0 Å². The molecule has 3 atom stereocenters. The van der Waals surface area contributed by atoms with E-state index in [1.165, 1.54) is 12.1 Å². The number of benzene rings is 4. The monoisotopic (exact) mass is 591 g/mol. The summed E-state index contributed by atoms with van der Waals surface area (Å²) in [5.74, 6) is -1.97. The molecule has 4 nitrogen and oxygen atoms in total. The highest BCUT2D eigenvalue weighted by molar-refractivity contribution is 9.10. The fraction of sp³-hybridized carbons (Fsp3) is 0.147. The van der Waals surface area contributed by atoms with Crippen LogP contribution in [-0.2, 0) is 0 Å².